The van der Waals surface area contributed by atoms with Gasteiger partial charge in [0, 0.05) is 0 Å². The Kier molecular flexibility index (Phi) is 4.37. The SMILES string of the molecule is c1ccc(N2c3cccc4[c]3[Sb]3([c]5ccccc5)([c]5ccccc5)[c]5c(cccc5Oc5cccc2[c]53)O4)cc1. The van der Waals surface area contributed by atoms with Crippen LogP contribution in [0.25, 0.3) is 0 Å². The molecule has 0 saturated heterocycles. The Morgan fingerprint density at radius 3 is 1.25 bits per heavy atom. The Bertz CT molecular complexity index is 1850. The summed E-state index contributed by atoms with van der Waals surface area (Å²) in [5.41, 5.74) is 3.46. The van der Waals surface area contributed by atoms with Gasteiger partial charge in [0.15, 0.2) is 0 Å². The van der Waals surface area contributed by atoms with Gasteiger partial charge in [0.25, 0.3) is 0 Å². The molecule has 0 radical (unpaired) electrons. The van der Waals surface area contributed by atoms with E-state index < -0.39 is 17.4 Å². The Hall–Kier alpha value is -4.46. The number of anilines is 3. The first-order valence-corrected chi connectivity index (χ1v) is 20.0. The summed E-state index contributed by atoms with van der Waals surface area (Å²) in [6.45, 7) is 0. The van der Waals surface area contributed by atoms with Gasteiger partial charge in [-0.15, -0.1) is 0 Å². The average Bonchev–Trinajstić information content (AvgIpc) is 3.02. The van der Waals surface area contributed by atoms with Crippen molar-refractivity contribution in [3.05, 3.63) is 146 Å². The van der Waals surface area contributed by atoms with Crippen LogP contribution in [0.1, 0.15) is 0 Å². The summed E-state index contributed by atoms with van der Waals surface area (Å²) in [4.78, 5) is 2.41. The molecule has 0 N–H and O–H groups in total. The number of rotatable bonds is 3. The summed E-state index contributed by atoms with van der Waals surface area (Å²) in [6.07, 6.45) is 0. The first-order chi connectivity index (χ1) is 19.8. The van der Waals surface area contributed by atoms with Gasteiger partial charge >= 0.3 is 235 Å². The zero-order valence-electron chi connectivity index (χ0n) is 21.6. The molecule has 9 rings (SSSR count). The second-order valence-electron chi connectivity index (χ2n) is 10.5. The first-order valence-electron chi connectivity index (χ1n) is 13.6. The van der Waals surface area contributed by atoms with E-state index >= 15 is 0 Å². The second kappa shape index (κ2) is 7.81. The fourth-order valence-corrected chi connectivity index (χ4v) is 29.1. The van der Waals surface area contributed by atoms with Gasteiger partial charge in [-0.3, -0.25) is 0 Å². The van der Waals surface area contributed by atoms with Gasteiger partial charge < -0.3 is 0 Å². The van der Waals surface area contributed by atoms with Crippen molar-refractivity contribution in [1.82, 2.24) is 0 Å². The molecule has 0 aliphatic carbocycles. The summed E-state index contributed by atoms with van der Waals surface area (Å²) < 4.78 is 20.3. The van der Waals surface area contributed by atoms with Gasteiger partial charge in [-0.05, 0) is 0 Å². The average molecular weight is 624 g/mol. The third kappa shape index (κ3) is 2.40. The summed E-state index contributed by atoms with van der Waals surface area (Å²) in [7, 11) is 0. The zero-order chi connectivity index (χ0) is 26.3. The van der Waals surface area contributed by atoms with E-state index in [9.17, 15) is 0 Å². The monoisotopic (exact) mass is 623 g/mol. The molecule has 4 heteroatoms. The van der Waals surface area contributed by atoms with Crippen LogP contribution in [0.5, 0.6) is 23.0 Å². The normalized spacial score (nSPS) is 16.9. The molecule has 190 valence electrons. The third-order valence-corrected chi connectivity index (χ3v) is 27.8. The molecule has 6 aromatic rings. The molecule has 3 aliphatic rings. The maximum absolute atomic E-state index is 6.87. The van der Waals surface area contributed by atoms with Crippen LogP contribution in [0.15, 0.2) is 146 Å². The third-order valence-electron chi connectivity index (χ3n) is 8.74. The van der Waals surface area contributed by atoms with Crippen molar-refractivity contribution in [2.24, 2.45) is 0 Å². The molecule has 6 aromatic carbocycles. The predicted molar refractivity (Wildman–Crippen MR) is 165 cm³/mol. The molecule has 0 saturated carbocycles. The Morgan fingerprint density at radius 1 is 0.375 bits per heavy atom. The van der Waals surface area contributed by atoms with Gasteiger partial charge in [-0.25, -0.2) is 0 Å². The van der Waals surface area contributed by atoms with Crippen molar-refractivity contribution < 1.29 is 9.47 Å². The Labute approximate surface area is 233 Å². The van der Waals surface area contributed by atoms with Gasteiger partial charge in [0.05, 0.1) is 0 Å². The summed E-state index contributed by atoms with van der Waals surface area (Å²) in [6, 6.07) is 52.5. The van der Waals surface area contributed by atoms with Gasteiger partial charge in [-0.2, -0.15) is 0 Å². The van der Waals surface area contributed by atoms with Crippen molar-refractivity contribution in [2.75, 3.05) is 4.90 Å². The summed E-state index contributed by atoms with van der Waals surface area (Å²) in [5.74, 6) is 3.65. The van der Waals surface area contributed by atoms with Crippen LogP contribution in [0.3, 0.4) is 0 Å². The topological polar surface area (TPSA) is 21.7 Å². The number of hydrogen-bond donors (Lipinski definition) is 0. The fourth-order valence-electron chi connectivity index (χ4n) is 7.49. The summed E-state index contributed by atoms with van der Waals surface area (Å²) in [5, 5.41) is 0. The molecular formula is C36H24NO2Sb. The van der Waals surface area contributed by atoms with E-state index in [1.807, 2.05) is 0 Å². The van der Waals surface area contributed by atoms with E-state index in [0.29, 0.717) is 0 Å². The molecule has 3 nitrogen and oxygen atoms in total. The first kappa shape index (κ1) is 22.4. The molecule has 0 aromatic heterocycles. The minimum atomic E-state index is -4.96. The molecule has 0 bridgehead atoms. The van der Waals surface area contributed by atoms with Crippen LogP contribution >= 0.6 is 0 Å². The summed E-state index contributed by atoms with van der Waals surface area (Å²) >= 11 is -4.96. The standard InChI is InChI=1S/C24H14NO2.2C6H5.Sb/c1-2-7-18(8-3-1)25-19-9-4-11-21(15-19)26-23-13-6-14-24(17-23)27-22-12-5-10-20(25)16-22;2*1-2-4-6-5-3-1;/h1-14H;2*1-5H;. The Morgan fingerprint density at radius 2 is 0.775 bits per heavy atom. The van der Waals surface area contributed by atoms with Crippen LogP contribution in [0.2, 0.25) is 0 Å². The number of benzene rings is 6. The van der Waals surface area contributed by atoms with Crippen LogP contribution < -0.4 is 31.9 Å². The maximum atomic E-state index is 6.87. The van der Waals surface area contributed by atoms with E-state index in [1.54, 1.807) is 0 Å². The van der Waals surface area contributed by atoms with Crippen molar-refractivity contribution in [1.29, 1.82) is 0 Å². The molecule has 0 amide bonds. The van der Waals surface area contributed by atoms with E-state index in [2.05, 4.69) is 150 Å². The molecular weight excluding hydrogens is 600 g/mol. The molecule has 0 fully saturated rings. The second-order valence-corrected chi connectivity index (χ2v) is 23.7. The quantitative estimate of drug-likeness (QED) is 0.228. The number of hydrogen-bond acceptors (Lipinski definition) is 3. The van der Waals surface area contributed by atoms with Gasteiger partial charge in [0.1, 0.15) is 0 Å². The predicted octanol–water partition coefficient (Wildman–Crippen LogP) is 5.92. The number of ether oxygens (including phenoxy) is 2. The van der Waals surface area contributed by atoms with Crippen LogP contribution in [0.4, 0.5) is 17.1 Å². The molecule has 3 aliphatic heterocycles. The van der Waals surface area contributed by atoms with Crippen molar-refractivity contribution >= 4 is 52.0 Å². The molecule has 3 heterocycles. The van der Waals surface area contributed by atoms with Crippen molar-refractivity contribution in [2.45, 2.75) is 0 Å². The van der Waals surface area contributed by atoms with E-state index in [-0.39, 0.29) is 0 Å². The van der Waals surface area contributed by atoms with Crippen molar-refractivity contribution in [3.63, 3.8) is 0 Å². The Balaban J connectivity index is 1.64. The fraction of sp³-hybridized carbons (Fsp3) is 0. The number of para-hydroxylation sites is 1. The minimum absolute atomic E-state index is 0.894. The van der Waals surface area contributed by atoms with Crippen LogP contribution in [-0.2, 0) is 0 Å². The van der Waals surface area contributed by atoms with Crippen LogP contribution in [0, 0.1) is 0 Å². The molecule has 40 heavy (non-hydrogen) atoms. The van der Waals surface area contributed by atoms with Gasteiger partial charge in [0.2, 0.25) is 0 Å². The zero-order valence-corrected chi connectivity index (χ0v) is 24.1. The molecule has 0 unspecified atom stereocenters. The van der Waals surface area contributed by atoms with Crippen LogP contribution in [-0.4, -0.2) is 17.4 Å². The van der Waals surface area contributed by atoms with E-state index in [4.69, 9.17) is 9.47 Å². The van der Waals surface area contributed by atoms with Gasteiger partial charge in [-0.1, -0.05) is 0 Å². The number of nitrogens with zero attached hydrogens (tertiary/aromatic N) is 1. The van der Waals surface area contributed by atoms with E-state index in [0.717, 1.165) is 28.7 Å². The van der Waals surface area contributed by atoms with Crippen molar-refractivity contribution in [3.8, 4) is 23.0 Å². The molecule has 0 atom stereocenters. The van der Waals surface area contributed by atoms with E-state index in [1.165, 1.54) is 28.9 Å². The molecule has 0 spiro atoms.